The van der Waals surface area contributed by atoms with Crippen molar-refractivity contribution in [2.24, 2.45) is 7.05 Å². The molecule has 0 aliphatic carbocycles. The molecule has 0 unspecified atom stereocenters. The monoisotopic (exact) mass is 418 g/mol. The van der Waals surface area contributed by atoms with E-state index in [0.29, 0.717) is 16.8 Å². The van der Waals surface area contributed by atoms with Crippen LogP contribution in [-0.2, 0) is 19.5 Å². The van der Waals surface area contributed by atoms with Crippen molar-refractivity contribution in [2.75, 3.05) is 0 Å². The summed E-state index contributed by atoms with van der Waals surface area (Å²) < 4.78 is 65.7. The van der Waals surface area contributed by atoms with Gasteiger partial charge in [-0.3, -0.25) is 9.48 Å². The van der Waals surface area contributed by atoms with Crippen LogP contribution in [-0.4, -0.2) is 26.8 Å². The SMILES string of the molecule is Cn1ncc(CNC(=O)c2ccc3nc(C(F)(F)C(F)(F)F)ccc3c2)c1Cl. The van der Waals surface area contributed by atoms with E-state index in [1.165, 1.54) is 29.1 Å². The third-order valence-electron chi connectivity index (χ3n) is 4.00. The molecule has 28 heavy (non-hydrogen) atoms. The van der Waals surface area contributed by atoms with Crippen molar-refractivity contribution in [2.45, 2.75) is 18.6 Å². The highest BCUT2D eigenvalue weighted by molar-refractivity contribution is 6.30. The minimum Gasteiger partial charge on any atom is -0.348 e. The van der Waals surface area contributed by atoms with E-state index in [-0.39, 0.29) is 23.0 Å². The second-order valence-electron chi connectivity index (χ2n) is 5.94. The molecule has 11 heteroatoms. The van der Waals surface area contributed by atoms with E-state index in [9.17, 15) is 26.7 Å². The fourth-order valence-corrected chi connectivity index (χ4v) is 2.61. The number of benzene rings is 1. The van der Waals surface area contributed by atoms with Gasteiger partial charge in [0.05, 0.1) is 11.7 Å². The molecule has 0 saturated heterocycles. The molecule has 1 aromatic carbocycles. The minimum absolute atomic E-state index is 0.0896. The smallest absolute Gasteiger partial charge is 0.348 e. The fourth-order valence-electron chi connectivity index (χ4n) is 2.45. The Labute approximate surface area is 160 Å². The van der Waals surface area contributed by atoms with Crippen LogP contribution in [0.25, 0.3) is 10.9 Å². The number of rotatable bonds is 4. The zero-order valence-corrected chi connectivity index (χ0v) is 14.9. The highest BCUT2D eigenvalue weighted by atomic mass is 35.5. The number of nitrogens with one attached hydrogen (secondary N) is 1. The Balaban J connectivity index is 1.81. The number of hydrogen-bond donors (Lipinski definition) is 1. The lowest BCUT2D eigenvalue weighted by Gasteiger charge is -2.19. The van der Waals surface area contributed by atoms with Crippen LogP contribution < -0.4 is 5.32 Å². The maximum atomic E-state index is 13.4. The van der Waals surface area contributed by atoms with E-state index in [4.69, 9.17) is 11.6 Å². The topological polar surface area (TPSA) is 59.8 Å². The summed E-state index contributed by atoms with van der Waals surface area (Å²) in [6.07, 6.45) is -4.25. The minimum atomic E-state index is -5.75. The van der Waals surface area contributed by atoms with Crippen LogP contribution in [0.15, 0.2) is 36.5 Å². The Bertz CT molecular complexity index is 1050. The van der Waals surface area contributed by atoms with Gasteiger partial charge in [0.15, 0.2) is 0 Å². The number of hydrogen-bond acceptors (Lipinski definition) is 3. The largest absolute Gasteiger partial charge is 0.459 e. The normalized spacial score (nSPS) is 12.4. The predicted molar refractivity (Wildman–Crippen MR) is 91.1 cm³/mol. The molecule has 2 heterocycles. The summed E-state index contributed by atoms with van der Waals surface area (Å²) in [5, 5.41) is 7.17. The maximum Gasteiger partial charge on any atom is 0.459 e. The first kappa shape index (κ1) is 20.0. The third kappa shape index (κ3) is 3.64. The van der Waals surface area contributed by atoms with Crippen molar-refractivity contribution in [3.63, 3.8) is 0 Å². The number of carbonyl (C=O) groups is 1. The Kier molecular flexibility index (Phi) is 5.00. The van der Waals surface area contributed by atoms with Crippen molar-refractivity contribution in [3.8, 4) is 0 Å². The highest BCUT2D eigenvalue weighted by Gasteiger charge is 2.59. The number of amides is 1. The summed E-state index contributed by atoms with van der Waals surface area (Å²) in [7, 11) is 1.64. The number of fused-ring (bicyclic) bond motifs is 1. The first-order valence-corrected chi connectivity index (χ1v) is 8.19. The average molecular weight is 419 g/mol. The number of nitrogens with zero attached hydrogens (tertiary/aromatic N) is 3. The summed E-state index contributed by atoms with van der Waals surface area (Å²) in [6, 6.07) is 5.49. The molecule has 3 aromatic rings. The van der Waals surface area contributed by atoms with Gasteiger partial charge in [-0.1, -0.05) is 17.7 Å². The van der Waals surface area contributed by atoms with Crippen LogP contribution in [0.4, 0.5) is 22.0 Å². The van der Waals surface area contributed by atoms with Gasteiger partial charge in [0.25, 0.3) is 5.91 Å². The lowest BCUT2D eigenvalue weighted by atomic mass is 10.1. The van der Waals surface area contributed by atoms with Gasteiger partial charge >= 0.3 is 12.1 Å². The second-order valence-corrected chi connectivity index (χ2v) is 6.30. The molecule has 1 N–H and O–H groups in total. The van der Waals surface area contributed by atoms with E-state index in [1.54, 1.807) is 7.05 Å². The van der Waals surface area contributed by atoms with Crippen molar-refractivity contribution in [1.29, 1.82) is 0 Å². The van der Waals surface area contributed by atoms with Gasteiger partial charge in [-0.15, -0.1) is 0 Å². The zero-order valence-electron chi connectivity index (χ0n) is 14.2. The Morgan fingerprint density at radius 2 is 1.89 bits per heavy atom. The molecule has 2 aromatic heterocycles. The number of carbonyl (C=O) groups excluding carboxylic acids is 1. The van der Waals surface area contributed by atoms with Crippen LogP contribution in [0, 0.1) is 0 Å². The molecule has 0 fully saturated rings. The van der Waals surface area contributed by atoms with Gasteiger partial charge in [-0.25, -0.2) is 4.98 Å². The van der Waals surface area contributed by atoms with Crippen LogP contribution in [0.1, 0.15) is 21.6 Å². The molecule has 0 aliphatic rings. The molecule has 0 bridgehead atoms. The molecule has 0 spiro atoms. The summed E-state index contributed by atoms with van der Waals surface area (Å²) in [6.45, 7) is 0.110. The van der Waals surface area contributed by atoms with Gasteiger partial charge in [0.2, 0.25) is 0 Å². The van der Waals surface area contributed by atoms with Crippen LogP contribution >= 0.6 is 11.6 Å². The van der Waals surface area contributed by atoms with Crippen LogP contribution in [0.5, 0.6) is 0 Å². The first-order valence-electron chi connectivity index (χ1n) is 7.81. The van der Waals surface area contributed by atoms with E-state index in [2.05, 4.69) is 15.4 Å². The molecule has 0 saturated carbocycles. The molecule has 0 aliphatic heterocycles. The van der Waals surface area contributed by atoms with Gasteiger partial charge in [0, 0.05) is 30.1 Å². The fraction of sp³-hybridized carbons (Fsp3) is 0.235. The van der Waals surface area contributed by atoms with Gasteiger partial charge < -0.3 is 5.32 Å². The van der Waals surface area contributed by atoms with Crippen molar-refractivity contribution in [1.82, 2.24) is 20.1 Å². The predicted octanol–water partition coefficient (Wildman–Crippen LogP) is 4.21. The number of pyridine rings is 1. The van der Waals surface area contributed by atoms with Crippen molar-refractivity contribution < 1.29 is 26.7 Å². The number of aryl methyl sites for hydroxylation is 1. The Hall–Kier alpha value is -2.75. The standard InChI is InChI=1S/C17H12ClF5N4O/c1-27-14(18)11(8-25-27)7-24-15(28)10-2-4-12-9(6-10)3-5-13(26-12)16(19,20)17(21,22)23/h2-6,8H,7H2,1H3,(H,24,28). The highest BCUT2D eigenvalue weighted by Crippen LogP contribution is 2.43. The van der Waals surface area contributed by atoms with Crippen LogP contribution in [0.3, 0.4) is 0 Å². The first-order chi connectivity index (χ1) is 13.0. The Morgan fingerprint density at radius 1 is 1.18 bits per heavy atom. The molecular formula is C17H12ClF5N4O. The summed E-state index contributed by atoms with van der Waals surface area (Å²) in [5.41, 5.74) is -0.715. The summed E-state index contributed by atoms with van der Waals surface area (Å²) in [5.74, 6) is -5.55. The molecule has 5 nitrogen and oxygen atoms in total. The molecule has 0 atom stereocenters. The second kappa shape index (κ2) is 7.01. The van der Waals surface area contributed by atoms with Crippen molar-refractivity contribution >= 4 is 28.4 Å². The summed E-state index contributed by atoms with van der Waals surface area (Å²) >= 11 is 6.00. The Morgan fingerprint density at radius 3 is 2.50 bits per heavy atom. The number of halogens is 6. The van der Waals surface area contributed by atoms with Gasteiger partial charge in [0.1, 0.15) is 10.8 Å². The lowest BCUT2D eigenvalue weighted by Crippen LogP contribution is -2.34. The molecule has 148 valence electrons. The summed E-state index contributed by atoms with van der Waals surface area (Å²) in [4.78, 5) is 15.7. The van der Waals surface area contributed by atoms with Crippen molar-refractivity contribution in [3.05, 3.63) is 58.5 Å². The molecule has 1 amide bonds. The quantitative estimate of drug-likeness (QED) is 0.646. The molecule has 0 radical (unpaired) electrons. The zero-order chi connectivity index (χ0) is 20.7. The number of aromatic nitrogens is 3. The lowest BCUT2D eigenvalue weighted by molar-refractivity contribution is -0.290. The maximum absolute atomic E-state index is 13.4. The average Bonchev–Trinajstić information content (AvgIpc) is 2.96. The molecule has 3 rings (SSSR count). The third-order valence-corrected chi connectivity index (χ3v) is 4.49. The van der Waals surface area contributed by atoms with E-state index in [0.717, 1.165) is 6.07 Å². The van der Waals surface area contributed by atoms with Crippen LogP contribution in [0.2, 0.25) is 5.15 Å². The van der Waals surface area contributed by atoms with E-state index < -0.39 is 23.7 Å². The number of alkyl halides is 5. The van der Waals surface area contributed by atoms with Gasteiger partial charge in [-0.05, 0) is 24.3 Å². The van der Waals surface area contributed by atoms with Gasteiger partial charge in [-0.2, -0.15) is 27.1 Å². The molecular weight excluding hydrogens is 407 g/mol. The van der Waals surface area contributed by atoms with E-state index in [1.807, 2.05) is 0 Å². The van der Waals surface area contributed by atoms with E-state index >= 15 is 0 Å².